The van der Waals surface area contributed by atoms with Gasteiger partial charge in [-0.2, -0.15) is 5.10 Å². The molecule has 1 aromatic heterocycles. The Hall–Kier alpha value is -1.24. The molecule has 0 aliphatic carbocycles. The molecule has 0 aromatic carbocycles. The molecule has 0 atom stereocenters. The molecule has 7 heteroatoms. The van der Waals surface area contributed by atoms with Gasteiger partial charge in [0, 0.05) is 13.1 Å². The SMILES string of the molecule is CC(C)c1nn(C)c(NC2CCS(=O)(=O)CC2)c1N. The van der Waals surface area contributed by atoms with Gasteiger partial charge in [-0.15, -0.1) is 0 Å². The Bertz CT molecular complexity index is 549. The average Bonchev–Trinajstić information content (AvgIpc) is 2.59. The molecule has 0 spiro atoms. The van der Waals surface area contributed by atoms with Crippen LogP contribution in [0.25, 0.3) is 0 Å². The quantitative estimate of drug-likeness (QED) is 0.869. The summed E-state index contributed by atoms with van der Waals surface area (Å²) in [5, 5.41) is 7.76. The summed E-state index contributed by atoms with van der Waals surface area (Å²) >= 11 is 0. The van der Waals surface area contributed by atoms with Gasteiger partial charge in [-0.25, -0.2) is 8.42 Å². The average molecular weight is 286 g/mol. The van der Waals surface area contributed by atoms with E-state index in [4.69, 9.17) is 5.73 Å². The van der Waals surface area contributed by atoms with Crippen LogP contribution in [0.1, 0.15) is 38.3 Å². The van der Waals surface area contributed by atoms with Crippen molar-refractivity contribution in [3.63, 3.8) is 0 Å². The topological polar surface area (TPSA) is 90.0 Å². The molecule has 0 amide bonds. The number of aryl methyl sites for hydroxylation is 1. The third-order valence-corrected chi connectivity index (χ3v) is 5.27. The summed E-state index contributed by atoms with van der Waals surface area (Å²) in [5.41, 5.74) is 7.67. The third kappa shape index (κ3) is 3.02. The molecule has 2 rings (SSSR count). The molecule has 2 heterocycles. The van der Waals surface area contributed by atoms with Crippen molar-refractivity contribution in [3.8, 4) is 0 Å². The fourth-order valence-corrected chi connectivity index (χ4v) is 3.88. The van der Waals surface area contributed by atoms with Crippen LogP contribution in [-0.2, 0) is 16.9 Å². The fraction of sp³-hybridized carbons (Fsp3) is 0.750. The molecule has 0 saturated carbocycles. The number of hydrogen-bond acceptors (Lipinski definition) is 5. The number of sulfone groups is 1. The maximum Gasteiger partial charge on any atom is 0.150 e. The van der Waals surface area contributed by atoms with Gasteiger partial charge in [0.25, 0.3) is 0 Å². The molecule has 1 aliphatic heterocycles. The molecule has 1 aromatic rings. The molecule has 0 unspecified atom stereocenters. The van der Waals surface area contributed by atoms with Crippen molar-refractivity contribution in [1.82, 2.24) is 9.78 Å². The third-order valence-electron chi connectivity index (χ3n) is 3.55. The summed E-state index contributed by atoms with van der Waals surface area (Å²) in [5.74, 6) is 1.57. The predicted octanol–water partition coefficient (Wildman–Crippen LogP) is 1.11. The maximum atomic E-state index is 11.4. The van der Waals surface area contributed by atoms with E-state index in [1.807, 2.05) is 7.05 Å². The highest BCUT2D eigenvalue weighted by molar-refractivity contribution is 7.91. The summed E-state index contributed by atoms with van der Waals surface area (Å²) < 4.78 is 24.6. The van der Waals surface area contributed by atoms with Crippen LogP contribution in [-0.4, -0.2) is 35.7 Å². The van der Waals surface area contributed by atoms with Crippen LogP contribution in [0.15, 0.2) is 0 Å². The van der Waals surface area contributed by atoms with Crippen LogP contribution >= 0.6 is 0 Å². The van der Waals surface area contributed by atoms with E-state index in [0.29, 0.717) is 18.5 Å². The zero-order valence-corrected chi connectivity index (χ0v) is 12.5. The highest BCUT2D eigenvalue weighted by atomic mass is 32.2. The second kappa shape index (κ2) is 5.03. The first-order valence-corrected chi connectivity index (χ1v) is 8.41. The van der Waals surface area contributed by atoms with E-state index in [-0.39, 0.29) is 23.5 Å². The van der Waals surface area contributed by atoms with Gasteiger partial charge in [-0.1, -0.05) is 13.8 Å². The van der Waals surface area contributed by atoms with Crippen molar-refractivity contribution in [2.75, 3.05) is 22.6 Å². The minimum Gasteiger partial charge on any atom is -0.394 e. The van der Waals surface area contributed by atoms with E-state index >= 15 is 0 Å². The minimum absolute atomic E-state index is 0.154. The highest BCUT2D eigenvalue weighted by Gasteiger charge is 2.25. The molecular weight excluding hydrogens is 264 g/mol. The Morgan fingerprint density at radius 3 is 2.42 bits per heavy atom. The maximum absolute atomic E-state index is 11.4. The van der Waals surface area contributed by atoms with Gasteiger partial charge in [0.15, 0.2) is 0 Å². The number of nitrogens with zero attached hydrogens (tertiary/aromatic N) is 2. The lowest BCUT2D eigenvalue weighted by Crippen LogP contribution is -2.32. The van der Waals surface area contributed by atoms with Crippen molar-refractivity contribution >= 4 is 21.3 Å². The van der Waals surface area contributed by atoms with E-state index < -0.39 is 9.84 Å². The van der Waals surface area contributed by atoms with Crippen molar-refractivity contribution in [1.29, 1.82) is 0 Å². The van der Waals surface area contributed by atoms with Crippen molar-refractivity contribution < 1.29 is 8.42 Å². The lowest BCUT2D eigenvalue weighted by Gasteiger charge is -2.24. The van der Waals surface area contributed by atoms with Crippen molar-refractivity contribution in [2.45, 2.75) is 38.6 Å². The number of aromatic nitrogens is 2. The number of anilines is 2. The van der Waals surface area contributed by atoms with Crippen LogP contribution < -0.4 is 11.1 Å². The number of rotatable bonds is 3. The van der Waals surface area contributed by atoms with Crippen LogP contribution in [0.2, 0.25) is 0 Å². The second-order valence-electron chi connectivity index (χ2n) is 5.50. The Labute approximate surface area is 114 Å². The first-order valence-electron chi connectivity index (χ1n) is 6.59. The second-order valence-corrected chi connectivity index (χ2v) is 7.80. The van der Waals surface area contributed by atoms with E-state index in [9.17, 15) is 8.42 Å². The first kappa shape index (κ1) is 14.2. The Balaban J connectivity index is 2.12. The number of nitrogen functional groups attached to an aromatic ring is 1. The zero-order chi connectivity index (χ0) is 14.2. The Morgan fingerprint density at radius 2 is 1.95 bits per heavy atom. The summed E-state index contributed by atoms with van der Waals surface area (Å²) in [7, 11) is -0.979. The van der Waals surface area contributed by atoms with Crippen molar-refractivity contribution in [2.24, 2.45) is 7.05 Å². The molecule has 3 N–H and O–H groups in total. The summed E-state index contributed by atoms with van der Waals surface area (Å²) in [6.07, 6.45) is 1.26. The zero-order valence-electron chi connectivity index (χ0n) is 11.7. The molecule has 1 aliphatic rings. The smallest absolute Gasteiger partial charge is 0.150 e. The van der Waals surface area contributed by atoms with Gasteiger partial charge in [0.05, 0.1) is 22.9 Å². The largest absolute Gasteiger partial charge is 0.394 e. The molecule has 6 nitrogen and oxygen atoms in total. The van der Waals surface area contributed by atoms with Gasteiger partial charge >= 0.3 is 0 Å². The van der Waals surface area contributed by atoms with Crippen LogP contribution in [0.5, 0.6) is 0 Å². The number of nitrogens with one attached hydrogen (secondary N) is 1. The van der Waals surface area contributed by atoms with E-state index in [2.05, 4.69) is 24.3 Å². The molecule has 19 heavy (non-hydrogen) atoms. The first-order chi connectivity index (χ1) is 8.80. The van der Waals surface area contributed by atoms with E-state index in [1.165, 1.54) is 0 Å². The van der Waals surface area contributed by atoms with Gasteiger partial charge < -0.3 is 11.1 Å². The Morgan fingerprint density at radius 1 is 1.37 bits per heavy atom. The lowest BCUT2D eigenvalue weighted by atomic mass is 10.1. The fourth-order valence-electron chi connectivity index (χ4n) is 2.39. The standard InChI is InChI=1S/C12H22N4O2S/c1-8(2)11-10(13)12(16(3)15-11)14-9-4-6-19(17,18)7-5-9/h8-9,14H,4-7,13H2,1-3H3. The monoisotopic (exact) mass is 286 g/mol. The summed E-state index contributed by atoms with van der Waals surface area (Å²) in [6, 6.07) is 0.154. The highest BCUT2D eigenvalue weighted by Crippen LogP contribution is 2.29. The van der Waals surface area contributed by atoms with E-state index in [1.54, 1.807) is 4.68 Å². The van der Waals surface area contributed by atoms with Crippen LogP contribution in [0, 0.1) is 0 Å². The number of hydrogen-bond donors (Lipinski definition) is 2. The Kier molecular flexibility index (Phi) is 3.75. The van der Waals surface area contributed by atoms with Crippen LogP contribution in [0.3, 0.4) is 0 Å². The van der Waals surface area contributed by atoms with E-state index in [0.717, 1.165) is 11.5 Å². The molecule has 0 radical (unpaired) electrons. The molecule has 1 saturated heterocycles. The van der Waals surface area contributed by atoms with Gasteiger partial charge in [-0.05, 0) is 18.8 Å². The lowest BCUT2D eigenvalue weighted by molar-refractivity contribution is 0.557. The molecule has 108 valence electrons. The van der Waals surface area contributed by atoms with Gasteiger partial charge in [0.1, 0.15) is 15.7 Å². The molecular formula is C12H22N4O2S. The van der Waals surface area contributed by atoms with Gasteiger partial charge in [0.2, 0.25) is 0 Å². The van der Waals surface area contributed by atoms with Crippen molar-refractivity contribution in [3.05, 3.63) is 5.69 Å². The number of nitrogens with two attached hydrogens (primary N) is 1. The molecule has 1 fully saturated rings. The van der Waals surface area contributed by atoms with Crippen LogP contribution in [0.4, 0.5) is 11.5 Å². The summed E-state index contributed by atoms with van der Waals surface area (Å²) in [4.78, 5) is 0. The molecule has 0 bridgehead atoms. The minimum atomic E-state index is -2.83. The van der Waals surface area contributed by atoms with Gasteiger partial charge in [-0.3, -0.25) is 4.68 Å². The predicted molar refractivity (Wildman–Crippen MR) is 77.0 cm³/mol. The summed E-state index contributed by atoms with van der Waals surface area (Å²) in [6.45, 7) is 4.10. The normalized spacial score (nSPS) is 19.8.